The van der Waals surface area contributed by atoms with Crippen LogP contribution in [0.5, 0.6) is 0 Å². The highest BCUT2D eigenvalue weighted by Gasteiger charge is 2.58. The van der Waals surface area contributed by atoms with Gasteiger partial charge in [0.25, 0.3) is 6.71 Å². The number of anilines is 8. The molecular formula is C74H75BN4. The first-order valence-corrected chi connectivity index (χ1v) is 29.3. The molecule has 1 N–H and O–H groups in total. The van der Waals surface area contributed by atoms with Crippen LogP contribution in [0.25, 0.3) is 33.5 Å². The average molecular weight is 1030 g/mol. The fourth-order valence-corrected chi connectivity index (χ4v) is 15.2. The summed E-state index contributed by atoms with van der Waals surface area (Å²) in [6, 6.07) is 66.6. The van der Waals surface area contributed by atoms with Crippen molar-refractivity contribution in [1.82, 2.24) is 4.98 Å². The number of nitrogens with one attached hydrogen (secondary N) is 1. The molecule has 0 radical (unpaired) electrons. The summed E-state index contributed by atoms with van der Waals surface area (Å²) in [4.78, 5) is 11.7. The van der Waals surface area contributed by atoms with Gasteiger partial charge in [0.15, 0.2) is 0 Å². The third-order valence-electron chi connectivity index (χ3n) is 19.5. The molecule has 14 rings (SSSR count). The van der Waals surface area contributed by atoms with Crippen molar-refractivity contribution in [3.05, 3.63) is 209 Å². The van der Waals surface area contributed by atoms with Crippen LogP contribution in [-0.2, 0) is 29.1 Å². The van der Waals surface area contributed by atoms with Gasteiger partial charge in [0.2, 0.25) is 0 Å². The Labute approximate surface area is 470 Å². The predicted molar refractivity (Wildman–Crippen MR) is 337 cm³/mol. The molecule has 5 aliphatic rings. The summed E-state index contributed by atoms with van der Waals surface area (Å²) in [6.45, 7) is 26.4. The molecule has 2 atom stereocenters. The van der Waals surface area contributed by atoms with Crippen molar-refractivity contribution in [2.45, 2.75) is 136 Å². The van der Waals surface area contributed by atoms with E-state index in [1.54, 1.807) is 0 Å². The molecule has 1 aromatic heterocycles. The molecule has 394 valence electrons. The highest BCUT2D eigenvalue weighted by molar-refractivity contribution is 7.00. The molecule has 4 nitrogen and oxygen atoms in total. The number of nitrogens with zero attached hydrogens (tertiary/aromatic N) is 3. The average Bonchev–Trinajstić information content (AvgIpc) is 3.06. The van der Waals surface area contributed by atoms with Crippen molar-refractivity contribution in [3.8, 4) is 33.5 Å². The van der Waals surface area contributed by atoms with Gasteiger partial charge in [-0.25, -0.2) is 0 Å². The molecule has 8 aromatic carbocycles. The molecular weight excluding hydrogens is 956 g/mol. The second kappa shape index (κ2) is 17.5. The summed E-state index contributed by atoms with van der Waals surface area (Å²) in [5, 5.41) is 0. The molecule has 9 aromatic rings. The van der Waals surface area contributed by atoms with Gasteiger partial charge >= 0.3 is 0 Å². The highest BCUT2D eigenvalue weighted by atomic mass is 15.3. The molecule has 0 bridgehead atoms. The molecule has 3 aliphatic heterocycles. The molecule has 5 heteroatoms. The van der Waals surface area contributed by atoms with Crippen LogP contribution in [0.1, 0.15) is 128 Å². The van der Waals surface area contributed by atoms with E-state index in [2.05, 4.69) is 266 Å². The first-order valence-electron chi connectivity index (χ1n) is 29.3. The standard InChI is InChI=1S/C74H75BN4/c1-47-37-67-69-68(38-47)78(63-33-28-54(71(5,6)7)43-57(63)49-23-16-13-17-24-49)66-44-55(79-64-31-26-50(61-25-20-36-76-61)39-58(64)73(10)34-18-19-35-74(73,79)11)29-30-59(66)75(69)60-40-51-45-72(8,9)46-52(51)41-65(60)77(67)62-32-27-53(70(2,3)4)42-56(62)48-21-14-12-15-22-48/h12-17,20-33,36-44,76H,18-19,34-35,45-46H2,1-11H3. The summed E-state index contributed by atoms with van der Waals surface area (Å²) in [5.74, 6) is 0. The summed E-state index contributed by atoms with van der Waals surface area (Å²) < 4.78 is 0. The van der Waals surface area contributed by atoms with Crippen LogP contribution >= 0.6 is 0 Å². The van der Waals surface area contributed by atoms with E-state index < -0.39 is 0 Å². The topological polar surface area (TPSA) is 25.5 Å². The Bertz CT molecular complexity index is 3910. The SMILES string of the molecule is Cc1cc2c3c(c1)N(c1ccc(C(C)(C)C)cc1-c1ccccc1)c1cc4c(cc1B3c1ccc(N3c5ccc(-c6ccc[nH]6)cc5C5(C)CCCCC35C)cc1N2c1ccc(C(C)(C)C)cc1-c1ccccc1)CC(C)(C)C4. The normalized spacial score (nSPS) is 19.6. The Morgan fingerprint density at radius 2 is 1.05 bits per heavy atom. The summed E-state index contributed by atoms with van der Waals surface area (Å²) in [5.41, 5.74) is 29.8. The minimum absolute atomic E-state index is 0.0149. The van der Waals surface area contributed by atoms with Gasteiger partial charge in [0.1, 0.15) is 0 Å². The van der Waals surface area contributed by atoms with E-state index in [-0.39, 0.29) is 33.9 Å². The Hall–Kier alpha value is -7.50. The largest absolute Gasteiger partial charge is 0.361 e. The number of aromatic amines is 1. The summed E-state index contributed by atoms with van der Waals surface area (Å²) in [7, 11) is 0. The van der Waals surface area contributed by atoms with Crippen molar-refractivity contribution in [1.29, 1.82) is 0 Å². The predicted octanol–water partition coefficient (Wildman–Crippen LogP) is 17.9. The first-order chi connectivity index (χ1) is 37.8. The second-order valence-electron chi connectivity index (χ2n) is 27.4. The maximum Gasteiger partial charge on any atom is 0.252 e. The van der Waals surface area contributed by atoms with Gasteiger partial charge in [-0.3, -0.25) is 0 Å². The highest BCUT2D eigenvalue weighted by Crippen LogP contribution is 2.62. The fourth-order valence-electron chi connectivity index (χ4n) is 15.2. The summed E-state index contributed by atoms with van der Waals surface area (Å²) in [6.07, 6.45) is 8.93. The van der Waals surface area contributed by atoms with Gasteiger partial charge in [0.05, 0.1) is 16.9 Å². The van der Waals surface area contributed by atoms with Crippen LogP contribution < -0.4 is 31.1 Å². The molecule has 0 amide bonds. The lowest BCUT2D eigenvalue weighted by molar-refractivity contribution is 0.195. The molecule has 1 fully saturated rings. The Balaban J connectivity index is 1.07. The second-order valence-corrected chi connectivity index (χ2v) is 27.4. The first kappa shape index (κ1) is 49.8. The Kier molecular flexibility index (Phi) is 11.0. The van der Waals surface area contributed by atoms with E-state index in [9.17, 15) is 0 Å². The van der Waals surface area contributed by atoms with E-state index in [0.717, 1.165) is 25.7 Å². The molecule has 2 unspecified atom stereocenters. The van der Waals surface area contributed by atoms with Crippen molar-refractivity contribution in [3.63, 3.8) is 0 Å². The maximum atomic E-state index is 3.53. The number of H-pyrrole nitrogens is 1. The summed E-state index contributed by atoms with van der Waals surface area (Å²) >= 11 is 0. The number of benzene rings is 8. The molecule has 79 heavy (non-hydrogen) atoms. The molecule has 0 spiro atoms. The number of aromatic nitrogens is 1. The van der Waals surface area contributed by atoms with Crippen LogP contribution in [0.15, 0.2) is 176 Å². The van der Waals surface area contributed by atoms with E-state index in [0.29, 0.717) is 0 Å². The van der Waals surface area contributed by atoms with Gasteiger partial charge in [-0.15, -0.1) is 0 Å². The molecule has 0 saturated heterocycles. The molecule has 4 heterocycles. The van der Waals surface area contributed by atoms with Gasteiger partial charge in [-0.2, -0.15) is 0 Å². The van der Waals surface area contributed by atoms with Crippen LogP contribution in [0.2, 0.25) is 0 Å². The molecule has 1 saturated carbocycles. The minimum atomic E-state index is -0.134. The number of fused-ring (bicyclic) bond motifs is 8. The quantitative estimate of drug-likeness (QED) is 0.168. The fraction of sp³-hybridized carbons (Fsp3) is 0.297. The number of hydrogen-bond acceptors (Lipinski definition) is 3. The van der Waals surface area contributed by atoms with Crippen LogP contribution in [0.3, 0.4) is 0 Å². The number of aryl methyl sites for hydroxylation is 1. The maximum absolute atomic E-state index is 3.53. The van der Waals surface area contributed by atoms with Gasteiger partial charge in [0, 0.05) is 62.6 Å². The zero-order valence-corrected chi connectivity index (χ0v) is 48.4. The smallest absolute Gasteiger partial charge is 0.252 e. The van der Waals surface area contributed by atoms with Gasteiger partial charge in [-0.05, 0) is 201 Å². The van der Waals surface area contributed by atoms with Crippen molar-refractivity contribution in [2.24, 2.45) is 5.41 Å². The van der Waals surface area contributed by atoms with Gasteiger partial charge < -0.3 is 19.7 Å². The van der Waals surface area contributed by atoms with Crippen molar-refractivity contribution in [2.75, 3.05) is 14.7 Å². The van der Waals surface area contributed by atoms with E-state index >= 15 is 0 Å². The van der Waals surface area contributed by atoms with Gasteiger partial charge in [-0.1, -0.05) is 166 Å². The van der Waals surface area contributed by atoms with E-state index in [4.69, 9.17) is 0 Å². The lowest BCUT2D eigenvalue weighted by Gasteiger charge is -2.50. The monoisotopic (exact) mass is 1030 g/mol. The lowest BCUT2D eigenvalue weighted by atomic mass is 9.33. The van der Waals surface area contributed by atoms with Crippen LogP contribution in [0.4, 0.5) is 45.5 Å². The zero-order valence-electron chi connectivity index (χ0n) is 48.4. The zero-order chi connectivity index (χ0) is 54.5. The minimum Gasteiger partial charge on any atom is -0.361 e. The Morgan fingerprint density at radius 1 is 0.481 bits per heavy atom. The Morgan fingerprint density at radius 3 is 1.63 bits per heavy atom. The van der Waals surface area contributed by atoms with Crippen LogP contribution in [-0.4, -0.2) is 17.2 Å². The number of rotatable bonds is 6. The van der Waals surface area contributed by atoms with Crippen LogP contribution in [0, 0.1) is 12.3 Å². The third-order valence-corrected chi connectivity index (χ3v) is 19.5. The van der Waals surface area contributed by atoms with E-state index in [1.807, 2.05) is 6.20 Å². The van der Waals surface area contributed by atoms with Crippen molar-refractivity contribution < 1.29 is 0 Å². The number of hydrogen-bond donors (Lipinski definition) is 1. The third kappa shape index (κ3) is 7.68. The lowest BCUT2D eigenvalue weighted by Crippen LogP contribution is -2.61. The van der Waals surface area contributed by atoms with Crippen molar-refractivity contribution >= 4 is 68.6 Å². The molecule has 2 aliphatic carbocycles. The van der Waals surface area contributed by atoms with E-state index in [1.165, 1.54) is 142 Å².